The molecule has 1 aromatic carbocycles. The van der Waals surface area contributed by atoms with E-state index in [1.165, 1.54) is 5.56 Å². The molecule has 4 nitrogen and oxygen atoms in total. The Kier molecular flexibility index (Phi) is 6.05. The van der Waals surface area contributed by atoms with Gasteiger partial charge in [0, 0.05) is 25.2 Å². The summed E-state index contributed by atoms with van der Waals surface area (Å²) >= 11 is 0. The lowest BCUT2D eigenvalue weighted by molar-refractivity contribution is 0.0256. The number of carbonyl (C=O) groups excluding carboxylic acids is 1. The SMILES string of the molecule is C[C@@H](N[C@@H]1CCCN(C(=O)OC(C)(C)C)CC1)c1ccccc1. The third kappa shape index (κ3) is 5.87. The van der Waals surface area contributed by atoms with Gasteiger partial charge in [-0.15, -0.1) is 0 Å². The van der Waals surface area contributed by atoms with Gasteiger partial charge in [0.1, 0.15) is 5.60 Å². The summed E-state index contributed by atoms with van der Waals surface area (Å²) in [7, 11) is 0. The lowest BCUT2D eigenvalue weighted by atomic mass is 10.0. The molecule has 1 aliphatic rings. The second-order valence-corrected chi connectivity index (χ2v) is 7.39. The minimum Gasteiger partial charge on any atom is -0.444 e. The average molecular weight is 318 g/mol. The highest BCUT2D eigenvalue weighted by molar-refractivity contribution is 5.68. The molecular formula is C19H30N2O2. The Balaban J connectivity index is 1.85. The van der Waals surface area contributed by atoms with Gasteiger partial charge in [0.05, 0.1) is 0 Å². The largest absolute Gasteiger partial charge is 0.444 e. The van der Waals surface area contributed by atoms with Gasteiger partial charge < -0.3 is 15.0 Å². The second kappa shape index (κ2) is 7.82. The topological polar surface area (TPSA) is 41.6 Å². The van der Waals surface area contributed by atoms with E-state index in [-0.39, 0.29) is 6.09 Å². The van der Waals surface area contributed by atoms with Crippen LogP contribution in [0.3, 0.4) is 0 Å². The zero-order valence-electron chi connectivity index (χ0n) is 14.8. The first kappa shape index (κ1) is 17.8. The van der Waals surface area contributed by atoms with E-state index in [4.69, 9.17) is 4.74 Å². The number of hydrogen-bond acceptors (Lipinski definition) is 3. The summed E-state index contributed by atoms with van der Waals surface area (Å²) in [6.45, 7) is 9.48. The number of carbonyl (C=O) groups is 1. The summed E-state index contributed by atoms with van der Waals surface area (Å²) in [6.07, 6.45) is 2.89. The Bertz CT molecular complexity index is 496. The van der Waals surface area contributed by atoms with Crippen molar-refractivity contribution in [1.29, 1.82) is 0 Å². The summed E-state index contributed by atoms with van der Waals surface area (Å²) in [4.78, 5) is 14.0. The number of rotatable bonds is 3. The van der Waals surface area contributed by atoms with Crippen LogP contribution in [0.15, 0.2) is 30.3 Å². The van der Waals surface area contributed by atoms with Crippen LogP contribution in [0.5, 0.6) is 0 Å². The Morgan fingerprint density at radius 2 is 1.91 bits per heavy atom. The molecule has 2 rings (SSSR count). The normalized spacial score (nSPS) is 20.7. The van der Waals surface area contributed by atoms with Crippen LogP contribution in [0.4, 0.5) is 4.79 Å². The zero-order valence-corrected chi connectivity index (χ0v) is 14.8. The third-order valence-electron chi connectivity index (χ3n) is 4.17. The first-order valence-electron chi connectivity index (χ1n) is 8.64. The molecule has 128 valence electrons. The van der Waals surface area contributed by atoms with Crippen molar-refractivity contribution in [2.75, 3.05) is 13.1 Å². The van der Waals surface area contributed by atoms with E-state index >= 15 is 0 Å². The number of nitrogens with zero attached hydrogens (tertiary/aromatic N) is 1. The van der Waals surface area contributed by atoms with Crippen LogP contribution in [-0.4, -0.2) is 35.7 Å². The van der Waals surface area contributed by atoms with Gasteiger partial charge in [-0.05, 0) is 52.5 Å². The fourth-order valence-electron chi connectivity index (χ4n) is 2.96. The van der Waals surface area contributed by atoms with Gasteiger partial charge in [-0.2, -0.15) is 0 Å². The highest BCUT2D eigenvalue weighted by Crippen LogP contribution is 2.19. The molecule has 0 spiro atoms. The van der Waals surface area contributed by atoms with Crippen molar-refractivity contribution in [3.05, 3.63) is 35.9 Å². The maximum Gasteiger partial charge on any atom is 0.410 e. The van der Waals surface area contributed by atoms with Crippen LogP contribution in [0.1, 0.15) is 58.6 Å². The lowest BCUT2D eigenvalue weighted by Gasteiger charge is -2.26. The van der Waals surface area contributed by atoms with Gasteiger partial charge in [-0.1, -0.05) is 30.3 Å². The predicted molar refractivity (Wildman–Crippen MR) is 93.4 cm³/mol. The monoisotopic (exact) mass is 318 g/mol. The molecule has 0 radical (unpaired) electrons. The molecule has 4 heteroatoms. The summed E-state index contributed by atoms with van der Waals surface area (Å²) in [5.74, 6) is 0. The highest BCUT2D eigenvalue weighted by Gasteiger charge is 2.25. The molecule has 1 aliphatic heterocycles. The number of benzene rings is 1. The minimum absolute atomic E-state index is 0.186. The fraction of sp³-hybridized carbons (Fsp3) is 0.632. The zero-order chi connectivity index (χ0) is 16.9. The molecule has 0 aliphatic carbocycles. The first-order valence-corrected chi connectivity index (χ1v) is 8.64. The van der Waals surface area contributed by atoms with Crippen LogP contribution < -0.4 is 5.32 Å². The van der Waals surface area contributed by atoms with Gasteiger partial charge in [-0.25, -0.2) is 4.79 Å². The summed E-state index contributed by atoms with van der Waals surface area (Å²) in [5, 5.41) is 3.70. The third-order valence-corrected chi connectivity index (χ3v) is 4.17. The molecule has 0 aromatic heterocycles. The Morgan fingerprint density at radius 1 is 1.22 bits per heavy atom. The maximum atomic E-state index is 12.2. The molecule has 1 fully saturated rings. The fourth-order valence-corrected chi connectivity index (χ4v) is 2.96. The van der Waals surface area contributed by atoms with E-state index < -0.39 is 5.60 Å². The number of amides is 1. The molecule has 1 aromatic rings. The number of ether oxygens (including phenoxy) is 1. The van der Waals surface area contributed by atoms with Crippen molar-refractivity contribution >= 4 is 6.09 Å². The molecule has 23 heavy (non-hydrogen) atoms. The van der Waals surface area contributed by atoms with E-state index in [2.05, 4.69) is 36.5 Å². The molecule has 1 amide bonds. The smallest absolute Gasteiger partial charge is 0.410 e. The van der Waals surface area contributed by atoms with Crippen molar-refractivity contribution in [1.82, 2.24) is 10.2 Å². The van der Waals surface area contributed by atoms with Crippen LogP contribution in [-0.2, 0) is 4.74 Å². The average Bonchev–Trinajstić information content (AvgIpc) is 2.72. The van der Waals surface area contributed by atoms with E-state index in [1.54, 1.807) is 0 Å². The van der Waals surface area contributed by atoms with E-state index in [1.807, 2.05) is 31.7 Å². The first-order chi connectivity index (χ1) is 10.8. The van der Waals surface area contributed by atoms with E-state index in [0.717, 1.165) is 32.4 Å². The maximum absolute atomic E-state index is 12.2. The molecule has 1 N–H and O–H groups in total. The van der Waals surface area contributed by atoms with Gasteiger partial charge >= 0.3 is 6.09 Å². The van der Waals surface area contributed by atoms with Crippen molar-refractivity contribution in [2.45, 2.75) is 64.6 Å². The molecule has 0 saturated carbocycles. The standard InChI is InChI=1S/C19H30N2O2/c1-15(16-9-6-5-7-10-16)20-17-11-8-13-21(14-12-17)18(22)23-19(2,3)4/h5-7,9-10,15,17,20H,8,11-14H2,1-4H3/t15-,17-/m1/s1. The Hall–Kier alpha value is -1.55. The Labute approximate surface area is 140 Å². The van der Waals surface area contributed by atoms with Crippen LogP contribution in [0, 0.1) is 0 Å². The van der Waals surface area contributed by atoms with Crippen molar-refractivity contribution < 1.29 is 9.53 Å². The van der Waals surface area contributed by atoms with Crippen molar-refractivity contribution in [3.63, 3.8) is 0 Å². The summed E-state index contributed by atoms with van der Waals surface area (Å²) < 4.78 is 5.48. The van der Waals surface area contributed by atoms with Gasteiger partial charge in [0.2, 0.25) is 0 Å². The van der Waals surface area contributed by atoms with Crippen LogP contribution in [0.25, 0.3) is 0 Å². The van der Waals surface area contributed by atoms with Crippen molar-refractivity contribution in [2.24, 2.45) is 0 Å². The Morgan fingerprint density at radius 3 is 2.57 bits per heavy atom. The van der Waals surface area contributed by atoms with Crippen LogP contribution in [0.2, 0.25) is 0 Å². The number of likely N-dealkylation sites (tertiary alicyclic amines) is 1. The second-order valence-electron chi connectivity index (χ2n) is 7.39. The lowest BCUT2D eigenvalue weighted by Crippen LogP contribution is -2.38. The minimum atomic E-state index is -0.428. The number of hydrogen-bond donors (Lipinski definition) is 1. The van der Waals surface area contributed by atoms with Crippen molar-refractivity contribution in [3.8, 4) is 0 Å². The van der Waals surface area contributed by atoms with Crippen LogP contribution >= 0.6 is 0 Å². The molecule has 1 saturated heterocycles. The predicted octanol–water partition coefficient (Wildman–Crippen LogP) is 4.13. The summed E-state index contributed by atoms with van der Waals surface area (Å²) in [6, 6.07) is 11.3. The molecular weight excluding hydrogens is 288 g/mol. The highest BCUT2D eigenvalue weighted by atomic mass is 16.6. The summed E-state index contributed by atoms with van der Waals surface area (Å²) in [5.41, 5.74) is 0.879. The van der Waals surface area contributed by atoms with E-state index in [9.17, 15) is 4.79 Å². The van der Waals surface area contributed by atoms with E-state index in [0.29, 0.717) is 12.1 Å². The molecule has 1 heterocycles. The molecule has 2 atom stereocenters. The van der Waals surface area contributed by atoms with Gasteiger partial charge in [-0.3, -0.25) is 0 Å². The molecule has 0 unspecified atom stereocenters. The quantitative estimate of drug-likeness (QED) is 0.911. The molecule has 0 bridgehead atoms. The van der Waals surface area contributed by atoms with Gasteiger partial charge in [0.25, 0.3) is 0 Å². The van der Waals surface area contributed by atoms with Gasteiger partial charge in [0.15, 0.2) is 0 Å². The number of nitrogens with one attached hydrogen (secondary N) is 1.